The minimum atomic E-state index is 0.378. The van der Waals surface area contributed by atoms with Crippen molar-refractivity contribution in [3.05, 3.63) is 0 Å². The van der Waals surface area contributed by atoms with Crippen LogP contribution in [0.4, 0.5) is 0 Å². The van der Waals surface area contributed by atoms with Gasteiger partial charge >= 0.3 is 0 Å². The monoisotopic (exact) mass is 238 g/mol. The van der Waals surface area contributed by atoms with E-state index in [2.05, 4.69) is 23.9 Å². The maximum atomic E-state index is 11.6. The van der Waals surface area contributed by atoms with Crippen molar-refractivity contribution in [2.45, 2.75) is 44.6 Å². The number of hydrogen-bond donors (Lipinski definition) is 0. The quantitative estimate of drug-likeness (QED) is 0.746. The van der Waals surface area contributed by atoms with Gasteiger partial charge in [0.25, 0.3) is 0 Å². The smallest absolute Gasteiger partial charge is 0.136 e. The molecule has 1 saturated heterocycles. The number of piperidine rings is 1. The van der Waals surface area contributed by atoms with E-state index in [1.54, 1.807) is 0 Å². The summed E-state index contributed by atoms with van der Waals surface area (Å²) in [4.78, 5) is 16.5. The zero-order valence-corrected chi connectivity index (χ0v) is 11.3. The first kappa shape index (κ1) is 13.0. The first-order valence-electron chi connectivity index (χ1n) is 7.08. The maximum Gasteiger partial charge on any atom is 0.136 e. The molecule has 1 aliphatic carbocycles. The Balaban J connectivity index is 1.69. The summed E-state index contributed by atoms with van der Waals surface area (Å²) < 4.78 is 0. The molecule has 1 atom stereocenters. The summed E-state index contributed by atoms with van der Waals surface area (Å²) in [5, 5.41) is 0. The molecule has 3 heteroatoms. The molecular weight excluding hydrogens is 212 g/mol. The van der Waals surface area contributed by atoms with Gasteiger partial charge in [0.15, 0.2) is 0 Å². The number of likely N-dealkylation sites (tertiary alicyclic amines) is 1. The summed E-state index contributed by atoms with van der Waals surface area (Å²) in [5.41, 5.74) is 0. The fraction of sp³-hybridized carbons (Fsp3) is 0.929. The van der Waals surface area contributed by atoms with Gasteiger partial charge in [-0.25, -0.2) is 0 Å². The van der Waals surface area contributed by atoms with Gasteiger partial charge in [0.05, 0.1) is 0 Å². The van der Waals surface area contributed by atoms with Crippen LogP contribution >= 0.6 is 0 Å². The summed E-state index contributed by atoms with van der Waals surface area (Å²) in [6, 6.07) is 0.739. The number of nitrogens with zero attached hydrogens (tertiary/aromatic N) is 2. The summed E-state index contributed by atoms with van der Waals surface area (Å²) in [6.07, 6.45) is 6.75. The van der Waals surface area contributed by atoms with Crippen LogP contribution in [0, 0.1) is 5.92 Å². The largest absolute Gasteiger partial charge is 0.306 e. The van der Waals surface area contributed by atoms with E-state index in [9.17, 15) is 4.79 Å². The van der Waals surface area contributed by atoms with Crippen LogP contribution in [0.5, 0.6) is 0 Å². The highest BCUT2D eigenvalue weighted by molar-refractivity contribution is 5.82. The highest BCUT2D eigenvalue weighted by Crippen LogP contribution is 2.25. The fourth-order valence-electron chi connectivity index (χ4n) is 3.17. The van der Waals surface area contributed by atoms with Gasteiger partial charge in [-0.1, -0.05) is 0 Å². The van der Waals surface area contributed by atoms with Gasteiger partial charge in [0, 0.05) is 18.4 Å². The molecule has 2 fully saturated rings. The molecule has 0 bridgehead atoms. The predicted octanol–water partition coefficient (Wildman–Crippen LogP) is 1.77. The van der Waals surface area contributed by atoms with Crippen molar-refractivity contribution in [2.75, 3.05) is 33.7 Å². The zero-order valence-electron chi connectivity index (χ0n) is 11.3. The second-order valence-electron chi connectivity index (χ2n) is 5.86. The molecule has 0 aromatic carbocycles. The SMILES string of the molecule is CN1CCC(N(C)CCC2CCCC2=O)CC1. The number of ketones is 1. The van der Waals surface area contributed by atoms with Crippen LogP contribution in [0.2, 0.25) is 0 Å². The van der Waals surface area contributed by atoms with Crippen LogP contribution < -0.4 is 0 Å². The molecule has 1 heterocycles. The van der Waals surface area contributed by atoms with Gasteiger partial charge in [0.1, 0.15) is 5.78 Å². The average molecular weight is 238 g/mol. The van der Waals surface area contributed by atoms with Gasteiger partial charge in [-0.2, -0.15) is 0 Å². The van der Waals surface area contributed by atoms with E-state index in [-0.39, 0.29) is 0 Å². The molecule has 0 radical (unpaired) electrons. The normalized spacial score (nSPS) is 28.2. The Bertz CT molecular complexity index is 259. The summed E-state index contributed by atoms with van der Waals surface area (Å²) >= 11 is 0. The Hall–Kier alpha value is -0.410. The molecule has 2 rings (SSSR count). The van der Waals surface area contributed by atoms with Crippen molar-refractivity contribution in [3.63, 3.8) is 0 Å². The van der Waals surface area contributed by atoms with E-state index >= 15 is 0 Å². The third-order valence-corrected chi connectivity index (χ3v) is 4.57. The van der Waals surface area contributed by atoms with E-state index in [0.717, 1.165) is 38.3 Å². The van der Waals surface area contributed by atoms with E-state index in [1.807, 2.05) is 0 Å². The Morgan fingerprint density at radius 1 is 1.29 bits per heavy atom. The van der Waals surface area contributed by atoms with Crippen LogP contribution in [0.3, 0.4) is 0 Å². The maximum absolute atomic E-state index is 11.6. The van der Waals surface area contributed by atoms with Crippen molar-refractivity contribution in [1.29, 1.82) is 0 Å². The van der Waals surface area contributed by atoms with Gasteiger partial charge in [-0.15, -0.1) is 0 Å². The molecular formula is C14H26N2O. The zero-order chi connectivity index (χ0) is 12.3. The second-order valence-corrected chi connectivity index (χ2v) is 5.86. The first-order chi connectivity index (χ1) is 8.16. The molecule has 0 amide bonds. The molecule has 0 aromatic rings. The van der Waals surface area contributed by atoms with E-state index in [4.69, 9.17) is 0 Å². The first-order valence-corrected chi connectivity index (χ1v) is 7.08. The fourth-order valence-corrected chi connectivity index (χ4v) is 3.17. The van der Waals surface area contributed by atoms with Gasteiger partial charge < -0.3 is 9.80 Å². The highest BCUT2D eigenvalue weighted by Gasteiger charge is 2.26. The van der Waals surface area contributed by atoms with Gasteiger partial charge in [0.2, 0.25) is 0 Å². The lowest BCUT2D eigenvalue weighted by atomic mass is 10.0. The predicted molar refractivity (Wildman–Crippen MR) is 70.1 cm³/mol. The van der Waals surface area contributed by atoms with E-state index < -0.39 is 0 Å². The van der Waals surface area contributed by atoms with Crippen molar-refractivity contribution in [1.82, 2.24) is 9.80 Å². The molecule has 1 aliphatic heterocycles. The molecule has 3 nitrogen and oxygen atoms in total. The number of hydrogen-bond acceptors (Lipinski definition) is 3. The van der Waals surface area contributed by atoms with Crippen molar-refractivity contribution >= 4 is 5.78 Å². The number of carbonyl (C=O) groups excluding carboxylic acids is 1. The summed E-state index contributed by atoms with van der Waals surface area (Å²) in [7, 11) is 4.43. The van der Waals surface area contributed by atoms with E-state index in [0.29, 0.717) is 11.7 Å². The molecule has 17 heavy (non-hydrogen) atoms. The second kappa shape index (κ2) is 5.96. The third-order valence-electron chi connectivity index (χ3n) is 4.57. The minimum Gasteiger partial charge on any atom is -0.306 e. The standard InChI is InChI=1S/C14H26N2O/c1-15-9-7-13(8-10-15)16(2)11-6-12-4-3-5-14(12)17/h12-13H,3-11H2,1-2H3. The number of rotatable bonds is 4. The highest BCUT2D eigenvalue weighted by atomic mass is 16.1. The Labute approximate surface area is 105 Å². The average Bonchev–Trinajstić information content (AvgIpc) is 2.73. The Morgan fingerprint density at radius 2 is 2.00 bits per heavy atom. The molecule has 1 saturated carbocycles. The number of Topliss-reactive ketones (excluding diaryl/α,β-unsaturated/α-hetero) is 1. The lowest BCUT2D eigenvalue weighted by Crippen LogP contribution is -2.42. The lowest BCUT2D eigenvalue weighted by molar-refractivity contribution is -0.120. The minimum absolute atomic E-state index is 0.378. The lowest BCUT2D eigenvalue weighted by Gasteiger charge is -2.35. The Kier molecular flexibility index (Phi) is 4.57. The van der Waals surface area contributed by atoms with Crippen molar-refractivity contribution in [3.8, 4) is 0 Å². The molecule has 0 N–H and O–H groups in total. The van der Waals surface area contributed by atoms with Crippen LogP contribution in [0.1, 0.15) is 38.5 Å². The van der Waals surface area contributed by atoms with Crippen LogP contribution in [0.25, 0.3) is 0 Å². The summed E-state index contributed by atoms with van der Waals surface area (Å²) in [6.45, 7) is 3.54. The van der Waals surface area contributed by atoms with Crippen LogP contribution in [-0.4, -0.2) is 55.4 Å². The van der Waals surface area contributed by atoms with E-state index in [1.165, 1.54) is 25.9 Å². The van der Waals surface area contributed by atoms with Crippen molar-refractivity contribution in [2.24, 2.45) is 5.92 Å². The van der Waals surface area contributed by atoms with Crippen molar-refractivity contribution < 1.29 is 4.79 Å². The molecule has 1 unspecified atom stereocenters. The molecule has 0 aromatic heterocycles. The molecule has 98 valence electrons. The third kappa shape index (κ3) is 3.52. The summed E-state index contributed by atoms with van der Waals surface area (Å²) in [5.74, 6) is 0.894. The number of carbonyl (C=O) groups is 1. The van der Waals surface area contributed by atoms with Gasteiger partial charge in [-0.05, 0) is 65.8 Å². The molecule has 0 spiro atoms. The van der Waals surface area contributed by atoms with Crippen LogP contribution in [0.15, 0.2) is 0 Å². The molecule has 2 aliphatic rings. The van der Waals surface area contributed by atoms with Crippen LogP contribution in [-0.2, 0) is 4.79 Å². The topological polar surface area (TPSA) is 23.6 Å². The van der Waals surface area contributed by atoms with Gasteiger partial charge in [-0.3, -0.25) is 4.79 Å². The Morgan fingerprint density at radius 3 is 2.59 bits per heavy atom.